The standard InChI is InChI=1S/C10H17NS/c1-3-9-6-7-10(12-9)5-4-8(2)11/h6-8H,3-5,11H2,1-2H3. The van der Waals surface area contributed by atoms with Gasteiger partial charge >= 0.3 is 0 Å². The van der Waals surface area contributed by atoms with Gasteiger partial charge in [-0.25, -0.2) is 0 Å². The summed E-state index contributed by atoms with van der Waals surface area (Å²) in [6, 6.07) is 4.78. The molecular weight excluding hydrogens is 166 g/mol. The molecule has 0 aliphatic rings. The zero-order valence-electron chi connectivity index (χ0n) is 7.84. The molecule has 0 spiro atoms. The largest absolute Gasteiger partial charge is 0.328 e. The van der Waals surface area contributed by atoms with E-state index in [4.69, 9.17) is 5.73 Å². The van der Waals surface area contributed by atoms with Crippen LogP contribution < -0.4 is 5.73 Å². The molecule has 0 saturated carbocycles. The molecule has 0 fully saturated rings. The van der Waals surface area contributed by atoms with Crippen molar-refractivity contribution >= 4 is 11.3 Å². The fourth-order valence-corrected chi connectivity index (χ4v) is 2.09. The second-order valence-corrected chi connectivity index (χ2v) is 4.49. The maximum Gasteiger partial charge on any atom is 0.00487 e. The van der Waals surface area contributed by atoms with E-state index in [9.17, 15) is 0 Å². The van der Waals surface area contributed by atoms with Crippen LogP contribution >= 0.6 is 11.3 Å². The molecule has 0 amide bonds. The van der Waals surface area contributed by atoms with Gasteiger partial charge in [-0.05, 0) is 38.3 Å². The molecular formula is C10H17NS. The Morgan fingerprint density at radius 2 is 2.08 bits per heavy atom. The molecule has 1 aromatic heterocycles. The minimum atomic E-state index is 0.331. The lowest BCUT2D eigenvalue weighted by molar-refractivity contribution is 0.670. The molecule has 1 rings (SSSR count). The van der Waals surface area contributed by atoms with Crippen LogP contribution in [0, 0.1) is 0 Å². The summed E-state index contributed by atoms with van der Waals surface area (Å²) in [7, 11) is 0. The van der Waals surface area contributed by atoms with Crippen molar-refractivity contribution in [3.05, 3.63) is 21.9 Å². The maximum atomic E-state index is 5.68. The Morgan fingerprint density at radius 1 is 1.42 bits per heavy atom. The Morgan fingerprint density at radius 3 is 2.58 bits per heavy atom. The average Bonchev–Trinajstić information content (AvgIpc) is 2.48. The topological polar surface area (TPSA) is 26.0 Å². The third-order valence-electron chi connectivity index (χ3n) is 1.91. The van der Waals surface area contributed by atoms with Gasteiger partial charge in [-0.1, -0.05) is 6.92 Å². The minimum absolute atomic E-state index is 0.331. The van der Waals surface area contributed by atoms with Gasteiger partial charge in [0, 0.05) is 15.8 Å². The van der Waals surface area contributed by atoms with Gasteiger partial charge in [-0.15, -0.1) is 11.3 Å². The average molecular weight is 183 g/mol. The molecule has 1 unspecified atom stereocenters. The first-order valence-corrected chi connectivity index (χ1v) is 5.37. The van der Waals surface area contributed by atoms with Gasteiger partial charge in [-0.3, -0.25) is 0 Å². The van der Waals surface area contributed by atoms with Crippen molar-refractivity contribution in [2.24, 2.45) is 5.73 Å². The number of hydrogen-bond donors (Lipinski definition) is 1. The van der Waals surface area contributed by atoms with Crippen LogP contribution in [0.25, 0.3) is 0 Å². The molecule has 0 aliphatic carbocycles. The summed E-state index contributed by atoms with van der Waals surface area (Å²) in [5.74, 6) is 0. The molecule has 1 heterocycles. The van der Waals surface area contributed by atoms with E-state index in [1.54, 1.807) is 0 Å². The predicted octanol–water partition coefficient (Wildman–Crippen LogP) is 2.59. The molecule has 1 aromatic rings. The van der Waals surface area contributed by atoms with Crippen molar-refractivity contribution in [3.8, 4) is 0 Å². The first kappa shape index (κ1) is 9.75. The van der Waals surface area contributed by atoms with Crippen LogP contribution in [0.15, 0.2) is 12.1 Å². The third-order valence-corrected chi connectivity index (χ3v) is 3.20. The number of thiophene rings is 1. The van der Waals surface area contributed by atoms with Crippen LogP contribution in [0.2, 0.25) is 0 Å². The molecule has 0 radical (unpaired) electrons. The van der Waals surface area contributed by atoms with Gasteiger partial charge in [0.15, 0.2) is 0 Å². The lowest BCUT2D eigenvalue weighted by Crippen LogP contribution is -2.14. The molecule has 0 aliphatic heterocycles. The van der Waals surface area contributed by atoms with E-state index in [1.165, 1.54) is 9.75 Å². The number of hydrogen-bond acceptors (Lipinski definition) is 2. The molecule has 68 valence electrons. The molecule has 12 heavy (non-hydrogen) atoms. The Labute approximate surface area is 78.6 Å². The lowest BCUT2D eigenvalue weighted by atomic mass is 10.2. The summed E-state index contributed by atoms with van der Waals surface area (Å²) in [4.78, 5) is 2.96. The lowest BCUT2D eigenvalue weighted by Gasteiger charge is -2.01. The van der Waals surface area contributed by atoms with Crippen LogP contribution in [-0.4, -0.2) is 6.04 Å². The zero-order valence-corrected chi connectivity index (χ0v) is 8.66. The molecule has 1 nitrogen and oxygen atoms in total. The van der Waals surface area contributed by atoms with Crippen molar-refractivity contribution in [2.75, 3.05) is 0 Å². The fourth-order valence-electron chi connectivity index (χ4n) is 1.12. The fraction of sp³-hybridized carbons (Fsp3) is 0.600. The van der Waals surface area contributed by atoms with Crippen molar-refractivity contribution in [1.82, 2.24) is 0 Å². The van der Waals surface area contributed by atoms with Gasteiger partial charge in [0.25, 0.3) is 0 Å². The van der Waals surface area contributed by atoms with E-state index >= 15 is 0 Å². The molecule has 2 N–H and O–H groups in total. The highest BCUT2D eigenvalue weighted by molar-refractivity contribution is 7.11. The number of aryl methyl sites for hydroxylation is 2. The van der Waals surface area contributed by atoms with Crippen molar-refractivity contribution < 1.29 is 0 Å². The highest BCUT2D eigenvalue weighted by Crippen LogP contribution is 2.18. The van der Waals surface area contributed by atoms with E-state index in [-0.39, 0.29) is 0 Å². The van der Waals surface area contributed by atoms with E-state index in [0.29, 0.717) is 6.04 Å². The number of nitrogens with two attached hydrogens (primary N) is 1. The van der Waals surface area contributed by atoms with E-state index in [2.05, 4.69) is 26.0 Å². The molecule has 1 atom stereocenters. The monoisotopic (exact) mass is 183 g/mol. The second-order valence-electron chi connectivity index (χ2n) is 3.24. The molecule has 0 aromatic carbocycles. The Hall–Kier alpha value is -0.340. The first-order chi connectivity index (χ1) is 5.72. The van der Waals surface area contributed by atoms with Gasteiger partial charge < -0.3 is 5.73 Å². The van der Waals surface area contributed by atoms with Gasteiger partial charge in [0.05, 0.1) is 0 Å². The van der Waals surface area contributed by atoms with Crippen LogP contribution in [-0.2, 0) is 12.8 Å². The Bertz CT molecular complexity index is 227. The quantitative estimate of drug-likeness (QED) is 0.763. The second kappa shape index (κ2) is 4.63. The molecule has 2 heteroatoms. The summed E-state index contributed by atoms with van der Waals surface area (Å²) in [6.07, 6.45) is 3.40. The number of rotatable bonds is 4. The van der Waals surface area contributed by atoms with Crippen molar-refractivity contribution in [3.63, 3.8) is 0 Å². The summed E-state index contributed by atoms with van der Waals surface area (Å²) in [5.41, 5.74) is 5.68. The maximum absolute atomic E-state index is 5.68. The van der Waals surface area contributed by atoms with Gasteiger partial charge in [-0.2, -0.15) is 0 Å². The highest BCUT2D eigenvalue weighted by Gasteiger charge is 2.00. The molecule has 0 saturated heterocycles. The minimum Gasteiger partial charge on any atom is -0.328 e. The van der Waals surface area contributed by atoms with Crippen molar-refractivity contribution in [2.45, 2.75) is 39.2 Å². The highest BCUT2D eigenvalue weighted by atomic mass is 32.1. The Balaban J connectivity index is 2.41. The third kappa shape index (κ3) is 2.95. The summed E-state index contributed by atoms with van der Waals surface area (Å²) in [6.45, 7) is 4.26. The van der Waals surface area contributed by atoms with E-state index in [0.717, 1.165) is 19.3 Å². The predicted molar refractivity (Wildman–Crippen MR) is 55.7 cm³/mol. The van der Waals surface area contributed by atoms with Crippen LogP contribution in [0.5, 0.6) is 0 Å². The molecule has 0 bridgehead atoms. The van der Waals surface area contributed by atoms with Gasteiger partial charge in [0.1, 0.15) is 0 Å². The summed E-state index contributed by atoms with van der Waals surface area (Å²) in [5, 5.41) is 0. The Kier molecular flexibility index (Phi) is 3.76. The van der Waals surface area contributed by atoms with Crippen LogP contribution in [0.3, 0.4) is 0 Å². The van der Waals surface area contributed by atoms with E-state index < -0.39 is 0 Å². The normalized spacial score (nSPS) is 13.2. The van der Waals surface area contributed by atoms with Gasteiger partial charge in [0.2, 0.25) is 0 Å². The van der Waals surface area contributed by atoms with Crippen LogP contribution in [0.1, 0.15) is 30.0 Å². The zero-order chi connectivity index (χ0) is 8.97. The SMILES string of the molecule is CCc1ccc(CCC(C)N)s1. The smallest absolute Gasteiger partial charge is 0.00487 e. The van der Waals surface area contributed by atoms with Crippen LogP contribution in [0.4, 0.5) is 0 Å². The van der Waals surface area contributed by atoms with E-state index in [1.807, 2.05) is 11.3 Å². The summed E-state index contributed by atoms with van der Waals surface area (Å²) >= 11 is 1.92. The first-order valence-electron chi connectivity index (χ1n) is 4.55. The summed E-state index contributed by atoms with van der Waals surface area (Å²) < 4.78 is 0. The van der Waals surface area contributed by atoms with Crippen molar-refractivity contribution in [1.29, 1.82) is 0 Å².